The fraction of sp³-hybridized carbons (Fsp3) is 1.00. The zero-order valence-electron chi connectivity index (χ0n) is 12.8. The molecular weight excluding hydrogens is 204 g/mol. The Kier molecular flexibility index (Phi) is 6.59. The molecule has 0 N–H and O–H groups in total. The molecule has 0 nitrogen and oxygen atoms in total. The van der Waals surface area contributed by atoms with Crippen molar-refractivity contribution in [1.82, 2.24) is 0 Å². The summed E-state index contributed by atoms with van der Waals surface area (Å²) in [6.07, 6.45) is 10.1. The Hall–Kier alpha value is 0. The van der Waals surface area contributed by atoms with Crippen LogP contribution in [0.3, 0.4) is 0 Å². The van der Waals surface area contributed by atoms with Crippen LogP contribution >= 0.6 is 0 Å². The Bertz CT molecular complexity index is 196. The van der Waals surface area contributed by atoms with Gasteiger partial charge in [-0.2, -0.15) is 0 Å². The Labute approximate surface area is 110 Å². The molecule has 0 aromatic rings. The van der Waals surface area contributed by atoms with Crippen molar-refractivity contribution >= 4 is 0 Å². The Morgan fingerprint density at radius 2 is 1.71 bits per heavy atom. The van der Waals surface area contributed by atoms with Crippen molar-refractivity contribution in [3.8, 4) is 0 Å². The van der Waals surface area contributed by atoms with E-state index >= 15 is 0 Å². The van der Waals surface area contributed by atoms with Crippen molar-refractivity contribution in [3.05, 3.63) is 0 Å². The molecule has 0 heteroatoms. The second-order valence-electron chi connectivity index (χ2n) is 6.88. The highest BCUT2D eigenvalue weighted by atomic mass is 14.4. The molecule has 1 aliphatic carbocycles. The Balaban J connectivity index is 2.33. The predicted octanol–water partition coefficient (Wildman–Crippen LogP) is 5.91. The van der Waals surface area contributed by atoms with Gasteiger partial charge in [0.2, 0.25) is 0 Å². The average molecular weight is 238 g/mol. The predicted molar refractivity (Wildman–Crippen MR) is 78.1 cm³/mol. The Morgan fingerprint density at radius 3 is 2.35 bits per heavy atom. The van der Waals surface area contributed by atoms with Crippen molar-refractivity contribution in [2.75, 3.05) is 0 Å². The highest BCUT2D eigenvalue weighted by molar-refractivity contribution is 4.80. The van der Waals surface area contributed by atoms with Crippen LogP contribution in [0.1, 0.15) is 79.6 Å². The van der Waals surface area contributed by atoms with Crippen molar-refractivity contribution in [1.29, 1.82) is 0 Å². The van der Waals surface area contributed by atoms with Crippen LogP contribution in [0.25, 0.3) is 0 Å². The molecule has 17 heavy (non-hydrogen) atoms. The molecule has 0 aromatic carbocycles. The third-order valence-corrected chi connectivity index (χ3v) is 5.40. The maximum absolute atomic E-state index is 2.51. The van der Waals surface area contributed by atoms with Gasteiger partial charge in [-0.15, -0.1) is 0 Å². The molecule has 0 aromatic heterocycles. The fourth-order valence-electron chi connectivity index (χ4n) is 3.82. The van der Waals surface area contributed by atoms with E-state index in [2.05, 4.69) is 34.6 Å². The van der Waals surface area contributed by atoms with Crippen LogP contribution < -0.4 is 0 Å². The highest BCUT2D eigenvalue weighted by Crippen LogP contribution is 2.40. The molecule has 1 aliphatic rings. The summed E-state index contributed by atoms with van der Waals surface area (Å²) in [5.74, 6) is 4.82. The molecule has 1 rings (SSSR count). The SMILES string of the molecule is CCCC(C)CCC(C)C1CCCC(C)C1C. The number of rotatable bonds is 6. The van der Waals surface area contributed by atoms with Gasteiger partial charge in [0.05, 0.1) is 0 Å². The lowest BCUT2D eigenvalue weighted by atomic mass is 9.68. The van der Waals surface area contributed by atoms with Crippen LogP contribution in [0.2, 0.25) is 0 Å². The first-order valence-electron chi connectivity index (χ1n) is 8.06. The van der Waals surface area contributed by atoms with Gasteiger partial charge in [-0.3, -0.25) is 0 Å². The van der Waals surface area contributed by atoms with Crippen molar-refractivity contribution < 1.29 is 0 Å². The summed E-state index contributed by atoms with van der Waals surface area (Å²) in [7, 11) is 0. The topological polar surface area (TPSA) is 0 Å². The molecule has 1 fully saturated rings. The van der Waals surface area contributed by atoms with E-state index in [0.717, 1.165) is 29.6 Å². The smallest absolute Gasteiger partial charge is 0.0360 e. The summed E-state index contributed by atoms with van der Waals surface area (Å²) in [5, 5.41) is 0. The van der Waals surface area contributed by atoms with E-state index in [9.17, 15) is 0 Å². The zero-order valence-corrected chi connectivity index (χ0v) is 12.8. The minimum atomic E-state index is 0.943. The van der Waals surface area contributed by atoms with Crippen LogP contribution in [0.4, 0.5) is 0 Å². The average Bonchev–Trinajstić information content (AvgIpc) is 2.30. The second kappa shape index (κ2) is 7.44. The molecule has 5 atom stereocenters. The molecule has 0 heterocycles. The summed E-state index contributed by atoms with van der Waals surface area (Å²) in [4.78, 5) is 0. The van der Waals surface area contributed by atoms with Gasteiger partial charge in [-0.1, -0.05) is 73.1 Å². The standard InChI is InChI=1S/C17H34/c1-6-8-13(2)11-12-15(4)17-10-7-9-14(3)16(17)5/h13-17H,6-12H2,1-5H3. The minimum Gasteiger partial charge on any atom is -0.0654 e. The maximum Gasteiger partial charge on any atom is -0.0360 e. The summed E-state index contributed by atoms with van der Waals surface area (Å²) in [6, 6.07) is 0. The monoisotopic (exact) mass is 238 g/mol. The summed E-state index contributed by atoms with van der Waals surface area (Å²) < 4.78 is 0. The molecule has 102 valence electrons. The van der Waals surface area contributed by atoms with Gasteiger partial charge in [-0.25, -0.2) is 0 Å². The molecule has 1 saturated carbocycles. The lowest BCUT2D eigenvalue weighted by molar-refractivity contribution is 0.122. The fourth-order valence-corrected chi connectivity index (χ4v) is 3.82. The minimum absolute atomic E-state index is 0.943. The van der Waals surface area contributed by atoms with E-state index in [-0.39, 0.29) is 0 Å². The van der Waals surface area contributed by atoms with Gasteiger partial charge in [0.1, 0.15) is 0 Å². The molecule has 0 saturated heterocycles. The van der Waals surface area contributed by atoms with E-state index in [4.69, 9.17) is 0 Å². The van der Waals surface area contributed by atoms with Gasteiger partial charge in [0.25, 0.3) is 0 Å². The van der Waals surface area contributed by atoms with Crippen molar-refractivity contribution in [3.63, 3.8) is 0 Å². The highest BCUT2D eigenvalue weighted by Gasteiger charge is 2.30. The lowest BCUT2D eigenvalue weighted by Gasteiger charge is -2.38. The summed E-state index contributed by atoms with van der Waals surface area (Å²) in [5.41, 5.74) is 0. The van der Waals surface area contributed by atoms with Gasteiger partial charge < -0.3 is 0 Å². The maximum atomic E-state index is 2.51. The number of hydrogen-bond donors (Lipinski definition) is 0. The lowest BCUT2D eigenvalue weighted by Crippen LogP contribution is -2.29. The van der Waals surface area contributed by atoms with E-state index < -0.39 is 0 Å². The van der Waals surface area contributed by atoms with Crippen LogP contribution in [0.15, 0.2) is 0 Å². The largest absolute Gasteiger partial charge is 0.0654 e. The van der Waals surface area contributed by atoms with Gasteiger partial charge in [-0.05, 0) is 36.0 Å². The summed E-state index contributed by atoms with van der Waals surface area (Å²) >= 11 is 0. The van der Waals surface area contributed by atoms with Crippen molar-refractivity contribution in [2.45, 2.75) is 79.6 Å². The zero-order chi connectivity index (χ0) is 12.8. The second-order valence-corrected chi connectivity index (χ2v) is 6.88. The van der Waals surface area contributed by atoms with Crippen LogP contribution in [-0.4, -0.2) is 0 Å². The third-order valence-electron chi connectivity index (χ3n) is 5.40. The van der Waals surface area contributed by atoms with Crippen LogP contribution in [0, 0.1) is 29.6 Å². The molecule has 0 radical (unpaired) electrons. The molecule has 0 aliphatic heterocycles. The molecule has 5 unspecified atom stereocenters. The Morgan fingerprint density at radius 1 is 1.00 bits per heavy atom. The van der Waals surface area contributed by atoms with Crippen LogP contribution in [0.5, 0.6) is 0 Å². The molecule has 0 bridgehead atoms. The first-order chi connectivity index (χ1) is 8.06. The van der Waals surface area contributed by atoms with Gasteiger partial charge in [0, 0.05) is 0 Å². The van der Waals surface area contributed by atoms with E-state index in [1.54, 1.807) is 0 Å². The third kappa shape index (κ3) is 4.64. The summed E-state index contributed by atoms with van der Waals surface area (Å²) in [6.45, 7) is 12.2. The van der Waals surface area contributed by atoms with E-state index in [0.29, 0.717) is 0 Å². The van der Waals surface area contributed by atoms with Gasteiger partial charge in [0.15, 0.2) is 0 Å². The van der Waals surface area contributed by atoms with E-state index in [1.807, 2.05) is 0 Å². The van der Waals surface area contributed by atoms with Crippen LogP contribution in [-0.2, 0) is 0 Å². The van der Waals surface area contributed by atoms with E-state index in [1.165, 1.54) is 44.9 Å². The molecule has 0 spiro atoms. The molecule has 0 amide bonds. The van der Waals surface area contributed by atoms with Gasteiger partial charge >= 0.3 is 0 Å². The van der Waals surface area contributed by atoms with Crippen molar-refractivity contribution in [2.24, 2.45) is 29.6 Å². The quantitative estimate of drug-likeness (QED) is 0.539. The number of hydrogen-bond acceptors (Lipinski definition) is 0. The normalized spacial score (nSPS) is 33.4. The first-order valence-corrected chi connectivity index (χ1v) is 8.06. The molecular formula is C17H34. The first kappa shape index (κ1) is 15.1.